The summed E-state index contributed by atoms with van der Waals surface area (Å²) >= 11 is 5.99. The van der Waals surface area contributed by atoms with Crippen molar-refractivity contribution in [3.8, 4) is 11.5 Å². The van der Waals surface area contributed by atoms with Gasteiger partial charge in [-0.1, -0.05) is 41.9 Å². The predicted molar refractivity (Wildman–Crippen MR) is 103 cm³/mol. The third-order valence-corrected chi connectivity index (χ3v) is 4.13. The molecule has 0 amide bonds. The second kappa shape index (κ2) is 8.59. The molecule has 0 saturated heterocycles. The van der Waals surface area contributed by atoms with E-state index in [9.17, 15) is 4.39 Å². The molecule has 0 saturated carbocycles. The smallest absolute Gasteiger partial charge is 0.161 e. The van der Waals surface area contributed by atoms with Gasteiger partial charge in [0, 0.05) is 22.8 Å². The van der Waals surface area contributed by atoms with Gasteiger partial charge in [0.2, 0.25) is 0 Å². The number of rotatable bonds is 7. The van der Waals surface area contributed by atoms with E-state index in [1.165, 1.54) is 6.07 Å². The number of benzene rings is 3. The van der Waals surface area contributed by atoms with Crippen molar-refractivity contribution in [1.29, 1.82) is 0 Å². The lowest BCUT2D eigenvalue weighted by molar-refractivity contribution is 0.279. The van der Waals surface area contributed by atoms with Crippen molar-refractivity contribution >= 4 is 17.3 Å². The lowest BCUT2D eigenvalue weighted by Gasteiger charge is -2.13. The van der Waals surface area contributed by atoms with Crippen molar-refractivity contribution in [2.45, 2.75) is 13.2 Å². The van der Waals surface area contributed by atoms with E-state index in [1.807, 2.05) is 42.5 Å². The highest BCUT2D eigenvalue weighted by atomic mass is 35.5. The Bertz CT molecular complexity index is 885. The van der Waals surface area contributed by atoms with Crippen LogP contribution in [0.2, 0.25) is 5.02 Å². The Labute approximate surface area is 157 Å². The summed E-state index contributed by atoms with van der Waals surface area (Å²) in [7, 11) is 1.58. The molecule has 0 aromatic heterocycles. The van der Waals surface area contributed by atoms with Crippen LogP contribution in [-0.4, -0.2) is 7.11 Å². The molecule has 0 aliphatic carbocycles. The lowest BCUT2D eigenvalue weighted by atomic mass is 10.2. The molecule has 0 spiro atoms. The number of halogens is 2. The van der Waals surface area contributed by atoms with E-state index in [1.54, 1.807) is 25.3 Å². The van der Waals surface area contributed by atoms with Gasteiger partial charge in [-0.25, -0.2) is 4.39 Å². The van der Waals surface area contributed by atoms with Crippen LogP contribution in [0.25, 0.3) is 0 Å². The van der Waals surface area contributed by atoms with Gasteiger partial charge >= 0.3 is 0 Å². The average molecular weight is 372 g/mol. The van der Waals surface area contributed by atoms with E-state index in [2.05, 4.69) is 5.32 Å². The number of nitrogens with one attached hydrogen (secondary N) is 1. The number of methoxy groups -OCH3 is 1. The molecule has 0 bridgehead atoms. The molecule has 0 atom stereocenters. The van der Waals surface area contributed by atoms with Crippen LogP contribution in [0.4, 0.5) is 10.1 Å². The molecule has 3 aromatic rings. The van der Waals surface area contributed by atoms with Gasteiger partial charge in [0.1, 0.15) is 12.4 Å². The highest BCUT2D eigenvalue weighted by Crippen LogP contribution is 2.29. The third kappa shape index (κ3) is 4.67. The Morgan fingerprint density at radius 3 is 2.58 bits per heavy atom. The first kappa shape index (κ1) is 18.1. The molecule has 0 radical (unpaired) electrons. The Morgan fingerprint density at radius 2 is 1.81 bits per heavy atom. The van der Waals surface area contributed by atoms with Crippen LogP contribution in [0, 0.1) is 5.82 Å². The maximum Gasteiger partial charge on any atom is 0.161 e. The number of hydrogen-bond acceptors (Lipinski definition) is 3. The van der Waals surface area contributed by atoms with Crippen molar-refractivity contribution in [3.05, 3.63) is 88.7 Å². The quantitative estimate of drug-likeness (QED) is 0.579. The van der Waals surface area contributed by atoms with Crippen LogP contribution in [0.5, 0.6) is 11.5 Å². The van der Waals surface area contributed by atoms with Crippen molar-refractivity contribution in [2.24, 2.45) is 0 Å². The molecular weight excluding hydrogens is 353 g/mol. The fourth-order valence-corrected chi connectivity index (χ4v) is 2.71. The van der Waals surface area contributed by atoms with E-state index in [0.717, 1.165) is 11.3 Å². The van der Waals surface area contributed by atoms with Gasteiger partial charge in [0.05, 0.1) is 7.11 Å². The highest BCUT2D eigenvalue weighted by molar-refractivity contribution is 6.30. The second-order valence-electron chi connectivity index (χ2n) is 5.73. The van der Waals surface area contributed by atoms with Crippen LogP contribution in [0.1, 0.15) is 11.1 Å². The molecule has 26 heavy (non-hydrogen) atoms. The first-order valence-corrected chi connectivity index (χ1v) is 8.56. The second-order valence-corrected chi connectivity index (χ2v) is 6.17. The Hall–Kier alpha value is -2.72. The van der Waals surface area contributed by atoms with Crippen LogP contribution in [0.3, 0.4) is 0 Å². The Kier molecular flexibility index (Phi) is 5.97. The van der Waals surface area contributed by atoms with Gasteiger partial charge in [-0.2, -0.15) is 0 Å². The van der Waals surface area contributed by atoms with Crippen molar-refractivity contribution < 1.29 is 13.9 Å². The largest absolute Gasteiger partial charge is 0.493 e. The monoisotopic (exact) mass is 371 g/mol. The first-order chi connectivity index (χ1) is 12.7. The lowest BCUT2D eigenvalue weighted by Crippen LogP contribution is -2.02. The Balaban J connectivity index is 1.66. The number of anilines is 1. The van der Waals surface area contributed by atoms with Crippen molar-refractivity contribution in [3.63, 3.8) is 0 Å². The topological polar surface area (TPSA) is 30.5 Å². The summed E-state index contributed by atoms with van der Waals surface area (Å²) in [6.45, 7) is 0.757. The van der Waals surface area contributed by atoms with E-state index in [-0.39, 0.29) is 12.4 Å². The molecule has 0 fully saturated rings. The molecule has 3 rings (SSSR count). The molecule has 0 aliphatic heterocycles. The molecule has 134 valence electrons. The number of hydrogen-bond donors (Lipinski definition) is 1. The molecule has 0 unspecified atom stereocenters. The van der Waals surface area contributed by atoms with Crippen molar-refractivity contribution in [2.75, 3.05) is 12.4 Å². The minimum atomic E-state index is -0.284. The van der Waals surface area contributed by atoms with E-state index in [0.29, 0.717) is 28.6 Å². The molecule has 5 heteroatoms. The van der Waals surface area contributed by atoms with Crippen LogP contribution >= 0.6 is 11.6 Å². The van der Waals surface area contributed by atoms with Gasteiger partial charge in [0.15, 0.2) is 11.5 Å². The fourth-order valence-electron chi connectivity index (χ4n) is 2.51. The molecule has 3 aromatic carbocycles. The minimum Gasteiger partial charge on any atom is -0.493 e. The Morgan fingerprint density at radius 1 is 0.962 bits per heavy atom. The molecular formula is C21H19ClFNO2. The minimum absolute atomic E-state index is 0.142. The van der Waals surface area contributed by atoms with E-state index < -0.39 is 0 Å². The van der Waals surface area contributed by atoms with Crippen molar-refractivity contribution in [1.82, 2.24) is 0 Å². The van der Waals surface area contributed by atoms with E-state index in [4.69, 9.17) is 21.1 Å². The van der Waals surface area contributed by atoms with Gasteiger partial charge < -0.3 is 14.8 Å². The summed E-state index contributed by atoms with van der Waals surface area (Å²) in [6, 6.07) is 19.8. The normalized spacial score (nSPS) is 10.4. The number of ether oxygens (including phenoxy) is 2. The van der Waals surface area contributed by atoms with Crippen LogP contribution in [-0.2, 0) is 13.2 Å². The molecule has 0 aliphatic rings. The summed E-state index contributed by atoms with van der Waals surface area (Å²) in [5, 5.41) is 3.99. The SMILES string of the molecule is COc1cc(CNc2cccc(Cl)c2)ccc1OCc1ccccc1F. The summed E-state index contributed by atoms with van der Waals surface area (Å²) in [5.41, 5.74) is 2.47. The predicted octanol–water partition coefficient (Wildman–Crippen LogP) is 5.68. The van der Waals surface area contributed by atoms with Gasteiger partial charge in [0.25, 0.3) is 0 Å². The standard InChI is InChI=1S/C21H19ClFNO2/c1-25-21-11-15(13-24-18-7-4-6-17(22)12-18)9-10-20(21)26-14-16-5-2-3-8-19(16)23/h2-12,24H,13-14H2,1H3. The molecule has 1 N–H and O–H groups in total. The molecule has 0 heterocycles. The summed E-state index contributed by atoms with van der Waals surface area (Å²) in [6.07, 6.45) is 0. The van der Waals surface area contributed by atoms with Crippen LogP contribution in [0.15, 0.2) is 66.7 Å². The van der Waals surface area contributed by atoms with Gasteiger partial charge in [-0.05, 0) is 42.0 Å². The third-order valence-electron chi connectivity index (χ3n) is 3.89. The zero-order valence-electron chi connectivity index (χ0n) is 14.3. The average Bonchev–Trinajstić information content (AvgIpc) is 2.66. The fraction of sp³-hybridized carbons (Fsp3) is 0.143. The van der Waals surface area contributed by atoms with Crippen LogP contribution < -0.4 is 14.8 Å². The summed E-state index contributed by atoms with van der Waals surface area (Å²) < 4.78 is 24.8. The maximum absolute atomic E-state index is 13.7. The molecule has 3 nitrogen and oxygen atoms in total. The van der Waals surface area contributed by atoms with Gasteiger partial charge in [-0.3, -0.25) is 0 Å². The maximum atomic E-state index is 13.7. The van der Waals surface area contributed by atoms with Gasteiger partial charge in [-0.15, -0.1) is 0 Å². The summed E-state index contributed by atoms with van der Waals surface area (Å²) in [5.74, 6) is 0.891. The summed E-state index contributed by atoms with van der Waals surface area (Å²) in [4.78, 5) is 0. The zero-order chi connectivity index (χ0) is 18.4. The first-order valence-electron chi connectivity index (χ1n) is 8.18. The van der Waals surface area contributed by atoms with E-state index >= 15 is 0 Å². The zero-order valence-corrected chi connectivity index (χ0v) is 15.1. The highest BCUT2D eigenvalue weighted by Gasteiger charge is 2.08.